The summed E-state index contributed by atoms with van der Waals surface area (Å²) in [5.74, 6) is -0.112. The lowest BCUT2D eigenvalue weighted by molar-refractivity contribution is 0.0954. The smallest absolute Gasteiger partial charge is 0.263 e. The van der Waals surface area contributed by atoms with Gasteiger partial charge in [0.15, 0.2) is 0 Å². The van der Waals surface area contributed by atoms with E-state index in [2.05, 4.69) is 15.3 Å². The van der Waals surface area contributed by atoms with Crippen molar-refractivity contribution in [1.29, 1.82) is 0 Å². The second-order valence-corrected chi connectivity index (χ2v) is 5.47. The van der Waals surface area contributed by atoms with Gasteiger partial charge in [0.2, 0.25) is 0 Å². The molecule has 0 aliphatic carbocycles. The fraction of sp³-hybridized carbons (Fsp3) is 0.0625. The molecule has 0 fully saturated rings. The molecular formula is C16H13N3OS. The van der Waals surface area contributed by atoms with E-state index in [1.165, 1.54) is 11.3 Å². The van der Waals surface area contributed by atoms with Crippen LogP contribution in [0.5, 0.6) is 0 Å². The van der Waals surface area contributed by atoms with Crippen LogP contribution in [0.15, 0.2) is 61.1 Å². The Bertz CT molecular complexity index is 726. The van der Waals surface area contributed by atoms with Crippen LogP contribution in [-0.2, 0) is 6.54 Å². The van der Waals surface area contributed by atoms with E-state index in [4.69, 9.17) is 0 Å². The van der Waals surface area contributed by atoms with Crippen LogP contribution in [0.2, 0.25) is 0 Å². The van der Waals surface area contributed by atoms with Crippen LogP contribution in [0.1, 0.15) is 15.2 Å². The number of carbonyl (C=O) groups is 1. The van der Waals surface area contributed by atoms with Crippen molar-refractivity contribution in [2.75, 3.05) is 0 Å². The van der Waals surface area contributed by atoms with E-state index in [9.17, 15) is 4.79 Å². The standard InChI is InChI=1S/C16H13N3OS/c20-15(18-10-12-5-4-8-17-9-12)14-11-19-16(21-14)13-6-2-1-3-7-13/h1-9,11H,10H2,(H,18,20). The largest absolute Gasteiger partial charge is 0.347 e. The second kappa shape index (κ2) is 6.28. The summed E-state index contributed by atoms with van der Waals surface area (Å²) in [6, 6.07) is 13.6. The van der Waals surface area contributed by atoms with E-state index in [1.807, 2.05) is 42.5 Å². The van der Waals surface area contributed by atoms with Crippen molar-refractivity contribution in [3.8, 4) is 10.6 Å². The molecule has 21 heavy (non-hydrogen) atoms. The lowest BCUT2D eigenvalue weighted by Gasteiger charge is -2.02. The molecule has 0 aliphatic rings. The monoisotopic (exact) mass is 295 g/mol. The molecule has 0 spiro atoms. The highest BCUT2D eigenvalue weighted by atomic mass is 32.1. The van der Waals surface area contributed by atoms with E-state index in [0.29, 0.717) is 11.4 Å². The van der Waals surface area contributed by atoms with Crippen LogP contribution in [0.3, 0.4) is 0 Å². The quantitative estimate of drug-likeness (QED) is 0.804. The first-order chi connectivity index (χ1) is 10.3. The molecule has 0 unspecified atom stereocenters. The maximum absolute atomic E-state index is 12.1. The molecule has 2 aromatic heterocycles. The van der Waals surface area contributed by atoms with Crippen molar-refractivity contribution >= 4 is 17.2 Å². The third-order valence-electron chi connectivity index (χ3n) is 2.93. The molecule has 1 N–H and O–H groups in total. The van der Waals surface area contributed by atoms with Gasteiger partial charge in [-0.1, -0.05) is 36.4 Å². The number of nitrogens with one attached hydrogen (secondary N) is 1. The number of nitrogens with zero attached hydrogens (tertiary/aromatic N) is 2. The minimum atomic E-state index is -0.112. The Morgan fingerprint density at radius 3 is 2.71 bits per heavy atom. The summed E-state index contributed by atoms with van der Waals surface area (Å²) in [6.45, 7) is 0.464. The van der Waals surface area contributed by atoms with Crippen LogP contribution >= 0.6 is 11.3 Å². The van der Waals surface area contributed by atoms with Gasteiger partial charge in [-0.15, -0.1) is 11.3 Å². The fourth-order valence-corrected chi connectivity index (χ4v) is 2.70. The second-order valence-electron chi connectivity index (χ2n) is 4.44. The van der Waals surface area contributed by atoms with Crippen molar-refractivity contribution in [3.63, 3.8) is 0 Å². The lowest BCUT2D eigenvalue weighted by Crippen LogP contribution is -2.21. The van der Waals surface area contributed by atoms with Gasteiger partial charge in [-0.2, -0.15) is 0 Å². The average molecular weight is 295 g/mol. The third kappa shape index (κ3) is 3.32. The first-order valence-electron chi connectivity index (χ1n) is 6.51. The molecule has 0 saturated carbocycles. The topological polar surface area (TPSA) is 54.9 Å². The van der Waals surface area contributed by atoms with E-state index in [0.717, 1.165) is 16.1 Å². The average Bonchev–Trinajstić information content (AvgIpc) is 3.04. The molecule has 0 radical (unpaired) electrons. The first kappa shape index (κ1) is 13.5. The van der Waals surface area contributed by atoms with Crippen LogP contribution in [0, 0.1) is 0 Å². The molecule has 1 amide bonds. The zero-order valence-electron chi connectivity index (χ0n) is 11.2. The normalized spacial score (nSPS) is 10.3. The van der Waals surface area contributed by atoms with Gasteiger partial charge in [-0.3, -0.25) is 9.78 Å². The summed E-state index contributed by atoms with van der Waals surface area (Å²) in [4.78, 5) is 21.0. The lowest BCUT2D eigenvalue weighted by atomic mass is 10.2. The predicted molar refractivity (Wildman–Crippen MR) is 83.0 cm³/mol. The summed E-state index contributed by atoms with van der Waals surface area (Å²) in [5.41, 5.74) is 1.99. The summed E-state index contributed by atoms with van der Waals surface area (Å²) in [7, 11) is 0. The summed E-state index contributed by atoms with van der Waals surface area (Å²) >= 11 is 1.39. The number of rotatable bonds is 4. The molecule has 1 aromatic carbocycles. The molecule has 104 valence electrons. The maximum Gasteiger partial charge on any atom is 0.263 e. The van der Waals surface area contributed by atoms with Gasteiger partial charge in [0.05, 0.1) is 6.20 Å². The molecular weight excluding hydrogens is 282 g/mol. The van der Waals surface area contributed by atoms with E-state index >= 15 is 0 Å². The summed E-state index contributed by atoms with van der Waals surface area (Å²) in [6.07, 6.45) is 5.06. The van der Waals surface area contributed by atoms with Gasteiger partial charge in [0.25, 0.3) is 5.91 Å². The van der Waals surface area contributed by atoms with Gasteiger partial charge in [0, 0.05) is 24.5 Å². The number of aromatic nitrogens is 2. The van der Waals surface area contributed by atoms with E-state index in [-0.39, 0.29) is 5.91 Å². The first-order valence-corrected chi connectivity index (χ1v) is 7.33. The Morgan fingerprint density at radius 2 is 1.95 bits per heavy atom. The van der Waals surface area contributed by atoms with E-state index < -0.39 is 0 Å². The highest BCUT2D eigenvalue weighted by Gasteiger charge is 2.11. The van der Waals surface area contributed by atoms with Crippen molar-refractivity contribution in [2.24, 2.45) is 0 Å². The molecule has 0 bridgehead atoms. The summed E-state index contributed by atoms with van der Waals surface area (Å²) in [5, 5.41) is 3.72. The Kier molecular flexibility index (Phi) is 4.02. The molecule has 0 aliphatic heterocycles. The van der Waals surface area contributed by atoms with Crippen LogP contribution in [0.25, 0.3) is 10.6 Å². The molecule has 3 rings (SSSR count). The molecule has 2 heterocycles. The maximum atomic E-state index is 12.1. The highest BCUT2D eigenvalue weighted by Crippen LogP contribution is 2.24. The molecule has 0 atom stereocenters. The number of thiazole rings is 1. The van der Waals surface area contributed by atoms with Crippen molar-refractivity contribution in [2.45, 2.75) is 6.54 Å². The van der Waals surface area contributed by atoms with Crippen LogP contribution in [-0.4, -0.2) is 15.9 Å². The molecule has 3 aromatic rings. The van der Waals surface area contributed by atoms with E-state index in [1.54, 1.807) is 18.6 Å². The fourth-order valence-electron chi connectivity index (χ4n) is 1.87. The highest BCUT2D eigenvalue weighted by molar-refractivity contribution is 7.16. The minimum Gasteiger partial charge on any atom is -0.347 e. The Balaban J connectivity index is 1.67. The van der Waals surface area contributed by atoms with Gasteiger partial charge in [-0.25, -0.2) is 4.98 Å². The molecule has 5 heteroatoms. The Morgan fingerprint density at radius 1 is 1.10 bits per heavy atom. The number of benzene rings is 1. The minimum absolute atomic E-state index is 0.112. The van der Waals surface area contributed by atoms with Crippen molar-refractivity contribution in [1.82, 2.24) is 15.3 Å². The van der Waals surface area contributed by atoms with Gasteiger partial charge >= 0.3 is 0 Å². The van der Waals surface area contributed by atoms with Crippen LogP contribution in [0.4, 0.5) is 0 Å². The van der Waals surface area contributed by atoms with Crippen molar-refractivity contribution < 1.29 is 4.79 Å². The van der Waals surface area contributed by atoms with Gasteiger partial charge in [-0.05, 0) is 11.6 Å². The SMILES string of the molecule is O=C(NCc1cccnc1)c1cnc(-c2ccccc2)s1. The van der Waals surface area contributed by atoms with Gasteiger partial charge < -0.3 is 5.32 Å². The number of pyridine rings is 1. The number of hydrogen-bond donors (Lipinski definition) is 1. The molecule has 4 nitrogen and oxygen atoms in total. The zero-order valence-corrected chi connectivity index (χ0v) is 12.0. The van der Waals surface area contributed by atoms with Crippen molar-refractivity contribution in [3.05, 3.63) is 71.5 Å². The Labute approximate surface area is 126 Å². The molecule has 0 saturated heterocycles. The number of amides is 1. The van der Waals surface area contributed by atoms with Gasteiger partial charge in [0.1, 0.15) is 9.88 Å². The summed E-state index contributed by atoms with van der Waals surface area (Å²) < 4.78 is 0. The van der Waals surface area contributed by atoms with Crippen LogP contribution < -0.4 is 5.32 Å². The zero-order chi connectivity index (χ0) is 14.5. The number of carbonyl (C=O) groups excluding carboxylic acids is 1. The predicted octanol–water partition coefficient (Wildman–Crippen LogP) is 3.14. The Hall–Kier alpha value is -2.53. The number of hydrogen-bond acceptors (Lipinski definition) is 4. The third-order valence-corrected chi connectivity index (χ3v) is 3.97.